The van der Waals surface area contributed by atoms with E-state index in [9.17, 15) is 8.42 Å². The van der Waals surface area contributed by atoms with E-state index in [1.807, 2.05) is 19.0 Å². The minimum atomic E-state index is -3.87. The quantitative estimate of drug-likeness (QED) is 0.717. The van der Waals surface area contributed by atoms with E-state index in [4.69, 9.17) is 39.5 Å². The van der Waals surface area contributed by atoms with E-state index in [1.165, 1.54) is 24.3 Å². The fraction of sp³-hybridized carbons (Fsp3) is 0.250. The van der Waals surface area contributed by atoms with Crippen LogP contribution < -0.4 is 9.46 Å². The highest BCUT2D eigenvalue weighted by molar-refractivity contribution is 7.92. The Morgan fingerprint density at radius 2 is 1.76 bits per heavy atom. The Bertz CT molecular complexity index is 858. The summed E-state index contributed by atoms with van der Waals surface area (Å²) in [5.74, 6) is 0.394. The van der Waals surface area contributed by atoms with Gasteiger partial charge in [-0.1, -0.05) is 34.8 Å². The Labute approximate surface area is 162 Å². The normalized spacial score (nSPS) is 11.6. The predicted octanol–water partition coefficient (Wildman–Crippen LogP) is 4.39. The first-order valence-corrected chi connectivity index (χ1v) is 9.86. The van der Waals surface area contributed by atoms with E-state index in [1.54, 1.807) is 12.1 Å². The molecule has 9 heteroatoms. The van der Waals surface area contributed by atoms with Gasteiger partial charge in [0.1, 0.15) is 17.3 Å². The molecule has 0 saturated heterocycles. The Kier molecular flexibility index (Phi) is 6.82. The van der Waals surface area contributed by atoms with E-state index in [0.29, 0.717) is 34.6 Å². The molecular formula is C16H17Cl3N2O3S. The summed E-state index contributed by atoms with van der Waals surface area (Å²) in [5.41, 5.74) is 0.315. The van der Waals surface area contributed by atoms with Crippen molar-refractivity contribution in [3.63, 3.8) is 0 Å². The lowest BCUT2D eigenvalue weighted by Crippen LogP contribution is -2.19. The lowest BCUT2D eigenvalue weighted by molar-refractivity contribution is 0.261. The smallest absolute Gasteiger partial charge is 0.263 e. The van der Waals surface area contributed by atoms with Crippen LogP contribution in [0.5, 0.6) is 5.75 Å². The molecule has 2 aromatic carbocycles. The Morgan fingerprint density at radius 3 is 2.40 bits per heavy atom. The van der Waals surface area contributed by atoms with Crippen molar-refractivity contribution in [1.29, 1.82) is 0 Å². The number of hydrogen-bond donors (Lipinski definition) is 1. The van der Waals surface area contributed by atoms with Crippen molar-refractivity contribution in [2.75, 3.05) is 32.0 Å². The van der Waals surface area contributed by atoms with Crippen LogP contribution in [0.25, 0.3) is 0 Å². The molecule has 0 fully saturated rings. The molecule has 0 aliphatic heterocycles. The third kappa shape index (κ3) is 5.66. The van der Waals surface area contributed by atoms with Crippen molar-refractivity contribution in [2.24, 2.45) is 0 Å². The van der Waals surface area contributed by atoms with Gasteiger partial charge in [-0.25, -0.2) is 8.42 Å². The van der Waals surface area contributed by atoms with Gasteiger partial charge in [0.25, 0.3) is 10.0 Å². The van der Waals surface area contributed by atoms with Crippen molar-refractivity contribution in [2.45, 2.75) is 4.90 Å². The molecule has 0 unspecified atom stereocenters. The number of ether oxygens (including phenoxy) is 1. The van der Waals surface area contributed by atoms with E-state index in [-0.39, 0.29) is 9.92 Å². The van der Waals surface area contributed by atoms with E-state index in [2.05, 4.69) is 4.72 Å². The molecule has 0 heterocycles. The van der Waals surface area contributed by atoms with Crippen LogP contribution >= 0.6 is 34.8 Å². The lowest BCUT2D eigenvalue weighted by atomic mass is 10.3. The second-order valence-corrected chi connectivity index (χ2v) is 8.38. The summed E-state index contributed by atoms with van der Waals surface area (Å²) >= 11 is 17.9. The maximum atomic E-state index is 12.5. The first-order chi connectivity index (χ1) is 11.7. The van der Waals surface area contributed by atoms with Crippen molar-refractivity contribution in [3.05, 3.63) is 51.5 Å². The number of sulfonamides is 1. The fourth-order valence-corrected chi connectivity index (χ4v) is 3.91. The Morgan fingerprint density at radius 1 is 1.04 bits per heavy atom. The molecule has 0 aromatic heterocycles. The van der Waals surface area contributed by atoms with Gasteiger partial charge in [-0.05, 0) is 44.4 Å². The summed E-state index contributed by atoms with van der Waals surface area (Å²) in [6, 6.07) is 8.81. The van der Waals surface area contributed by atoms with Gasteiger partial charge >= 0.3 is 0 Å². The van der Waals surface area contributed by atoms with Crippen LogP contribution in [0.15, 0.2) is 41.3 Å². The summed E-state index contributed by atoms with van der Waals surface area (Å²) < 4.78 is 33.1. The number of hydrogen-bond acceptors (Lipinski definition) is 4. The lowest BCUT2D eigenvalue weighted by Gasteiger charge is -2.14. The maximum Gasteiger partial charge on any atom is 0.263 e. The number of benzene rings is 2. The SMILES string of the molecule is CN(C)CCOc1cc(NS(=O)(=O)c2ccc(Cl)cc2Cl)ccc1Cl. The van der Waals surface area contributed by atoms with Crippen LogP contribution in [-0.2, 0) is 10.0 Å². The highest BCUT2D eigenvalue weighted by Crippen LogP contribution is 2.31. The number of rotatable bonds is 7. The largest absolute Gasteiger partial charge is 0.491 e. The molecule has 2 rings (SSSR count). The van der Waals surface area contributed by atoms with Gasteiger partial charge in [-0.15, -0.1) is 0 Å². The van der Waals surface area contributed by atoms with Gasteiger partial charge in [-0.3, -0.25) is 4.72 Å². The second-order valence-electron chi connectivity index (χ2n) is 5.48. The average molecular weight is 424 g/mol. The van der Waals surface area contributed by atoms with Crippen LogP contribution in [0, 0.1) is 0 Å². The zero-order chi connectivity index (χ0) is 18.6. The van der Waals surface area contributed by atoms with Crippen molar-refractivity contribution in [3.8, 4) is 5.75 Å². The van der Waals surface area contributed by atoms with Crippen LogP contribution in [0.4, 0.5) is 5.69 Å². The second kappa shape index (κ2) is 8.47. The molecule has 1 N–H and O–H groups in total. The summed E-state index contributed by atoms with van der Waals surface area (Å²) in [6.45, 7) is 1.12. The molecule has 0 amide bonds. The van der Waals surface area contributed by atoms with E-state index in [0.717, 1.165) is 0 Å². The molecular weight excluding hydrogens is 407 g/mol. The molecule has 0 atom stereocenters. The molecule has 0 saturated carbocycles. The number of likely N-dealkylation sites (N-methyl/N-ethyl adjacent to an activating group) is 1. The number of anilines is 1. The number of nitrogens with zero attached hydrogens (tertiary/aromatic N) is 1. The highest BCUT2D eigenvalue weighted by Gasteiger charge is 2.19. The molecule has 0 spiro atoms. The van der Waals surface area contributed by atoms with Gasteiger partial charge in [0.05, 0.1) is 15.7 Å². The number of nitrogens with one attached hydrogen (secondary N) is 1. The van der Waals surface area contributed by atoms with Crippen molar-refractivity contribution >= 4 is 50.5 Å². The van der Waals surface area contributed by atoms with Crippen molar-refractivity contribution in [1.82, 2.24) is 4.90 Å². The minimum Gasteiger partial charge on any atom is -0.491 e. The van der Waals surface area contributed by atoms with E-state index < -0.39 is 10.0 Å². The first kappa shape index (κ1) is 20.1. The van der Waals surface area contributed by atoms with Crippen LogP contribution in [0.2, 0.25) is 15.1 Å². The summed E-state index contributed by atoms with van der Waals surface area (Å²) in [4.78, 5) is 1.90. The maximum absolute atomic E-state index is 12.5. The topological polar surface area (TPSA) is 58.6 Å². The molecule has 0 bridgehead atoms. The summed E-state index contributed by atoms with van der Waals surface area (Å²) in [6.07, 6.45) is 0. The Balaban J connectivity index is 2.21. The average Bonchev–Trinajstić information content (AvgIpc) is 2.49. The molecule has 0 aliphatic rings. The summed E-state index contributed by atoms with van der Waals surface area (Å²) in [5, 5.41) is 0.787. The first-order valence-electron chi connectivity index (χ1n) is 7.24. The standard InChI is InChI=1S/C16H17Cl3N2O3S/c1-21(2)7-8-24-15-10-12(4-5-13(15)18)20-25(22,23)16-6-3-11(17)9-14(16)19/h3-6,9-10,20H,7-8H2,1-2H3. The van der Waals surface area contributed by atoms with Gasteiger partial charge < -0.3 is 9.64 Å². The zero-order valence-corrected chi connectivity index (χ0v) is 16.7. The third-order valence-corrected chi connectivity index (χ3v) is 5.57. The van der Waals surface area contributed by atoms with Crippen LogP contribution in [0.1, 0.15) is 0 Å². The van der Waals surface area contributed by atoms with E-state index >= 15 is 0 Å². The fourth-order valence-electron chi connectivity index (χ4n) is 1.92. The predicted molar refractivity (Wildman–Crippen MR) is 103 cm³/mol. The van der Waals surface area contributed by atoms with Gasteiger partial charge in [0.2, 0.25) is 0 Å². The molecule has 2 aromatic rings. The minimum absolute atomic E-state index is 0.0384. The molecule has 136 valence electrons. The molecule has 25 heavy (non-hydrogen) atoms. The van der Waals surface area contributed by atoms with Crippen LogP contribution in [-0.4, -0.2) is 40.6 Å². The number of halogens is 3. The van der Waals surface area contributed by atoms with Gasteiger partial charge in [-0.2, -0.15) is 0 Å². The zero-order valence-electron chi connectivity index (χ0n) is 13.6. The molecule has 0 aliphatic carbocycles. The monoisotopic (exact) mass is 422 g/mol. The summed E-state index contributed by atoms with van der Waals surface area (Å²) in [7, 11) is -0.0278. The highest BCUT2D eigenvalue weighted by atomic mass is 35.5. The van der Waals surface area contributed by atoms with Crippen LogP contribution in [0.3, 0.4) is 0 Å². The third-order valence-electron chi connectivity index (χ3n) is 3.16. The molecule has 5 nitrogen and oxygen atoms in total. The van der Waals surface area contributed by atoms with Crippen molar-refractivity contribution < 1.29 is 13.2 Å². The van der Waals surface area contributed by atoms with Gasteiger partial charge in [0.15, 0.2) is 0 Å². The Hall–Kier alpha value is -1.18. The van der Waals surface area contributed by atoms with Gasteiger partial charge in [0, 0.05) is 17.6 Å². The molecule has 0 radical (unpaired) electrons.